The highest BCUT2D eigenvalue weighted by Gasteiger charge is 2.13. The second-order valence-corrected chi connectivity index (χ2v) is 4.86. The van der Waals surface area contributed by atoms with Gasteiger partial charge in [0.1, 0.15) is 5.75 Å². The normalized spacial score (nSPS) is 17.4. The van der Waals surface area contributed by atoms with Gasteiger partial charge in [-0.15, -0.1) is 0 Å². The van der Waals surface area contributed by atoms with Crippen LogP contribution < -0.4 is 0 Å². The molecule has 0 radical (unpaired) electrons. The van der Waals surface area contributed by atoms with E-state index < -0.39 is 0 Å². The van der Waals surface area contributed by atoms with E-state index in [1.54, 1.807) is 19.3 Å². The van der Waals surface area contributed by atoms with E-state index in [-0.39, 0.29) is 12.4 Å². The van der Waals surface area contributed by atoms with Crippen LogP contribution in [0.15, 0.2) is 11.2 Å². The summed E-state index contributed by atoms with van der Waals surface area (Å²) in [4.78, 5) is 8.57. The van der Waals surface area contributed by atoms with E-state index in [9.17, 15) is 10.2 Å². The third-order valence-electron chi connectivity index (χ3n) is 3.52. The highest BCUT2D eigenvalue weighted by Crippen LogP contribution is 2.24. The summed E-state index contributed by atoms with van der Waals surface area (Å²) in [5.74, 6) is 0.126. The molecule has 0 aliphatic heterocycles. The van der Waals surface area contributed by atoms with Gasteiger partial charge < -0.3 is 10.2 Å². The first-order valence-corrected chi connectivity index (χ1v) is 6.54. The summed E-state index contributed by atoms with van der Waals surface area (Å²) in [6, 6.07) is 0.359. The molecule has 0 saturated heterocycles. The minimum atomic E-state index is -0.132. The van der Waals surface area contributed by atoms with Crippen molar-refractivity contribution in [3.05, 3.63) is 23.0 Å². The monoisotopic (exact) mass is 248 g/mol. The highest BCUT2D eigenvalue weighted by atomic mass is 16.3. The molecule has 4 heteroatoms. The second-order valence-electron chi connectivity index (χ2n) is 4.86. The van der Waals surface area contributed by atoms with Crippen molar-refractivity contribution < 1.29 is 10.2 Å². The van der Waals surface area contributed by atoms with Gasteiger partial charge in [0.25, 0.3) is 0 Å². The van der Waals surface area contributed by atoms with Gasteiger partial charge in [-0.3, -0.25) is 9.98 Å². The van der Waals surface area contributed by atoms with Crippen molar-refractivity contribution in [3.8, 4) is 5.75 Å². The average Bonchev–Trinajstić information content (AvgIpc) is 2.41. The minimum Gasteiger partial charge on any atom is -0.505 e. The lowest BCUT2D eigenvalue weighted by molar-refractivity contribution is 0.280. The number of aliphatic hydroxyl groups excluding tert-OH is 1. The number of aliphatic hydroxyl groups is 1. The van der Waals surface area contributed by atoms with Gasteiger partial charge in [0.2, 0.25) is 0 Å². The fourth-order valence-corrected chi connectivity index (χ4v) is 2.33. The van der Waals surface area contributed by atoms with Gasteiger partial charge in [-0.25, -0.2) is 0 Å². The second kappa shape index (κ2) is 5.96. The molecule has 1 saturated carbocycles. The van der Waals surface area contributed by atoms with Gasteiger partial charge in [-0.05, 0) is 19.8 Å². The van der Waals surface area contributed by atoms with Crippen molar-refractivity contribution in [1.29, 1.82) is 0 Å². The Balaban J connectivity index is 2.21. The van der Waals surface area contributed by atoms with Gasteiger partial charge in [0, 0.05) is 29.6 Å². The Labute approximate surface area is 107 Å². The lowest BCUT2D eigenvalue weighted by Gasteiger charge is -2.17. The van der Waals surface area contributed by atoms with E-state index in [0.29, 0.717) is 22.9 Å². The summed E-state index contributed by atoms with van der Waals surface area (Å²) in [5.41, 5.74) is 1.80. The van der Waals surface area contributed by atoms with Crippen molar-refractivity contribution in [1.82, 2.24) is 4.98 Å². The van der Waals surface area contributed by atoms with Gasteiger partial charge >= 0.3 is 0 Å². The Bertz CT molecular complexity index is 438. The maximum atomic E-state index is 9.97. The van der Waals surface area contributed by atoms with Crippen molar-refractivity contribution in [2.45, 2.75) is 51.7 Å². The molecule has 0 spiro atoms. The van der Waals surface area contributed by atoms with Crippen LogP contribution in [0.4, 0.5) is 0 Å². The van der Waals surface area contributed by atoms with Crippen LogP contribution in [0.3, 0.4) is 0 Å². The van der Waals surface area contributed by atoms with Crippen LogP contribution in [0.1, 0.15) is 48.9 Å². The van der Waals surface area contributed by atoms with E-state index in [1.165, 1.54) is 19.3 Å². The molecule has 2 N–H and O–H groups in total. The Morgan fingerprint density at radius 3 is 2.78 bits per heavy atom. The topological polar surface area (TPSA) is 65.7 Å². The number of nitrogens with zero attached hydrogens (tertiary/aromatic N) is 2. The summed E-state index contributed by atoms with van der Waals surface area (Å²) >= 11 is 0. The summed E-state index contributed by atoms with van der Waals surface area (Å²) < 4.78 is 0. The molecule has 98 valence electrons. The van der Waals surface area contributed by atoms with Crippen LogP contribution in [0, 0.1) is 6.92 Å². The van der Waals surface area contributed by atoms with E-state index in [0.717, 1.165) is 12.8 Å². The van der Waals surface area contributed by atoms with E-state index in [4.69, 9.17) is 0 Å². The standard InChI is InChI=1S/C14H20N2O2/c1-10-14(18)13(11(9-17)7-15-10)8-16-12-5-3-2-4-6-12/h7-8,12,17-18H,2-6,9H2,1H3. The molecule has 1 aliphatic rings. The fourth-order valence-electron chi connectivity index (χ4n) is 2.33. The zero-order valence-electron chi connectivity index (χ0n) is 10.8. The third-order valence-corrected chi connectivity index (χ3v) is 3.52. The molecular formula is C14H20N2O2. The Morgan fingerprint density at radius 2 is 2.11 bits per heavy atom. The summed E-state index contributed by atoms with van der Waals surface area (Å²) in [6.07, 6.45) is 9.30. The molecule has 1 aromatic rings. The molecule has 0 bridgehead atoms. The van der Waals surface area contributed by atoms with Crippen molar-refractivity contribution in [2.24, 2.45) is 4.99 Å². The molecular weight excluding hydrogens is 228 g/mol. The summed E-state index contributed by atoms with van der Waals surface area (Å²) in [5, 5.41) is 19.2. The molecule has 2 rings (SSSR count). The molecule has 1 aliphatic carbocycles. The Hall–Kier alpha value is -1.42. The number of hydrogen-bond donors (Lipinski definition) is 2. The molecule has 1 aromatic heterocycles. The van der Waals surface area contributed by atoms with Crippen molar-refractivity contribution in [2.75, 3.05) is 0 Å². The van der Waals surface area contributed by atoms with E-state index in [1.807, 2.05) is 0 Å². The SMILES string of the molecule is Cc1ncc(CO)c(C=NC2CCCCC2)c1O. The first-order valence-electron chi connectivity index (χ1n) is 6.54. The molecule has 0 aromatic carbocycles. The number of aromatic nitrogens is 1. The number of rotatable bonds is 3. The van der Waals surface area contributed by atoms with Crippen LogP contribution in [-0.2, 0) is 6.61 Å². The molecule has 0 amide bonds. The number of aryl methyl sites for hydroxylation is 1. The predicted octanol–water partition coefficient (Wildman–Crippen LogP) is 2.34. The first-order chi connectivity index (χ1) is 8.72. The molecule has 0 atom stereocenters. The fraction of sp³-hybridized carbons (Fsp3) is 0.571. The van der Waals surface area contributed by atoms with Gasteiger partial charge in [0.05, 0.1) is 12.3 Å². The molecule has 4 nitrogen and oxygen atoms in total. The quantitative estimate of drug-likeness (QED) is 0.807. The predicted molar refractivity (Wildman–Crippen MR) is 71.0 cm³/mol. The zero-order chi connectivity index (χ0) is 13.0. The lowest BCUT2D eigenvalue weighted by Crippen LogP contribution is -2.10. The van der Waals surface area contributed by atoms with Crippen LogP contribution in [0.25, 0.3) is 0 Å². The number of hydrogen-bond acceptors (Lipinski definition) is 4. The summed E-state index contributed by atoms with van der Waals surface area (Å²) in [6.45, 7) is 1.61. The van der Waals surface area contributed by atoms with Crippen molar-refractivity contribution in [3.63, 3.8) is 0 Å². The Morgan fingerprint density at radius 1 is 1.39 bits per heavy atom. The Kier molecular flexibility index (Phi) is 4.31. The van der Waals surface area contributed by atoms with Crippen LogP contribution in [0.2, 0.25) is 0 Å². The highest BCUT2D eigenvalue weighted by molar-refractivity contribution is 5.85. The van der Waals surface area contributed by atoms with Crippen LogP contribution in [0.5, 0.6) is 5.75 Å². The molecule has 0 unspecified atom stereocenters. The van der Waals surface area contributed by atoms with Gasteiger partial charge in [-0.2, -0.15) is 0 Å². The third kappa shape index (κ3) is 2.88. The average molecular weight is 248 g/mol. The van der Waals surface area contributed by atoms with E-state index in [2.05, 4.69) is 9.98 Å². The number of pyridine rings is 1. The first kappa shape index (κ1) is 13.0. The zero-order valence-corrected chi connectivity index (χ0v) is 10.8. The molecule has 1 fully saturated rings. The largest absolute Gasteiger partial charge is 0.505 e. The van der Waals surface area contributed by atoms with Crippen LogP contribution >= 0.6 is 0 Å². The lowest BCUT2D eigenvalue weighted by atomic mass is 9.96. The van der Waals surface area contributed by atoms with Gasteiger partial charge in [-0.1, -0.05) is 19.3 Å². The maximum Gasteiger partial charge on any atom is 0.145 e. The van der Waals surface area contributed by atoms with Crippen LogP contribution in [-0.4, -0.2) is 27.5 Å². The minimum absolute atomic E-state index is 0.126. The maximum absolute atomic E-state index is 9.97. The molecule has 1 heterocycles. The number of aromatic hydroxyl groups is 1. The smallest absolute Gasteiger partial charge is 0.145 e. The number of aliphatic imine (C=N–C) groups is 1. The van der Waals surface area contributed by atoms with Gasteiger partial charge in [0.15, 0.2) is 0 Å². The van der Waals surface area contributed by atoms with Crippen molar-refractivity contribution >= 4 is 6.21 Å². The summed E-state index contributed by atoms with van der Waals surface area (Å²) in [7, 11) is 0. The van der Waals surface area contributed by atoms with E-state index >= 15 is 0 Å². The molecule has 18 heavy (non-hydrogen) atoms.